The van der Waals surface area contributed by atoms with Gasteiger partial charge in [0.2, 0.25) is 5.91 Å². The minimum atomic E-state index is -0.272. The van der Waals surface area contributed by atoms with Crippen LogP contribution in [0.15, 0.2) is 48.6 Å². The molecule has 0 aliphatic carbocycles. The second-order valence-corrected chi connectivity index (χ2v) is 4.19. The standard InChI is InChI=1S/C16H20FNO2/c1-2-3-4-7-16(19)18-12-5-6-13-20-15-10-8-14(17)9-11-15/h2-4,7-11H,5-6,12-13H2,1H3,(H,18,19)/b3-2+,7-4+. The molecule has 0 bridgehead atoms. The molecule has 0 unspecified atom stereocenters. The van der Waals surface area contributed by atoms with Gasteiger partial charge in [0.05, 0.1) is 6.61 Å². The van der Waals surface area contributed by atoms with Gasteiger partial charge < -0.3 is 10.1 Å². The summed E-state index contributed by atoms with van der Waals surface area (Å²) in [5.74, 6) is 0.290. The van der Waals surface area contributed by atoms with Gasteiger partial charge in [-0.1, -0.05) is 18.2 Å². The average Bonchev–Trinajstić information content (AvgIpc) is 2.45. The van der Waals surface area contributed by atoms with Crippen LogP contribution in [0.4, 0.5) is 4.39 Å². The van der Waals surface area contributed by atoms with Gasteiger partial charge in [0.15, 0.2) is 0 Å². The van der Waals surface area contributed by atoms with Crippen molar-refractivity contribution in [2.45, 2.75) is 19.8 Å². The normalized spacial score (nSPS) is 11.1. The van der Waals surface area contributed by atoms with E-state index in [1.165, 1.54) is 18.2 Å². The summed E-state index contributed by atoms with van der Waals surface area (Å²) in [4.78, 5) is 11.3. The van der Waals surface area contributed by atoms with Crippen LogP contribution < -0.4 is 10.1 Å². The maximum Gasteiger partial charge on any atom is 0.243 e. The van der Waals surface area contributed by atoms with Gasteiger partial charge in [0, 0.05) is 12.6 Å². The van der Waals surface area contributed by atoms with Gasteiger partial charge in [0.1, 0.15) is 11.6 Å². The molecule has 0 aliphatic heterocycles. The van der Waals surface area contributed by atoms with Gasteiger partial charge in [-0.25, -0.2) is 4.39 Å². The summed E-state index contributed by atoms with van der Waals surface area (Å²) in [6.07, 6.45) is 8.52. The smallest absolute Gasteiger partial charge is 0.243 e. The molecule has 0 aliphatic rings. The Balaban J connectivity index is 2.05. The summed E-state index contributed by atoms with van der Waals surface area (Å²) in [6, 6.07) is 5.94. The first-order chi connectivity index (χ1) is 9.72. The molecule has 0 fully saturated rings. The molecule has 0 saturated carbocycles. The molecule has 1 amide bonds. The first-order valence-corrected chi connectivity index (χ1v) is 6.68. The second-order valence-electron chi connectivity index (χ2n) is 4.19. The van der Waals surface area contributed by atoms with E-state index < -0.39 is 0 Å². The Hall–Kier alpha value is -2.10. The number of halogens is 1. The zero-order valence-electron chi connectivity index (χ0n) is 11.6. The number of ether oxygens (including phenoxy) is 1. The molecule has 1 aromatic carbocycles. The van der Waals surface area contributed by atoms with E-state index in [4.69, 9.17) is 4.74 Å². The molecule has 1 rings (SSSR count). The lowest BCUT2D eigenvalue weighted by atomic mass is 10.3. The molecule has 0 aromatic heterocycles. The number of carbonyl (C=O) groups excluding carboxylic acids is 1. The molecule has 0 radical (unpaired) electrons. The molecular weight excluding hydrogens is 257 g/mol. The number of hydrogen-bond donors (Lipinski definition) is 1. The van der Waals surface area contributed by atoms with Crippen molar-refractivity contribution in [3.63, 3.8) is 0 Å². The fourth-order valence-electron chi connectivity index (χ4n) is 1.47. The molecule has 1 N–H and O–H groups in total. The van der Waals surface area contributed by atoms with Crippen molar-refractivity contribution < 1.29 is 13.9 Å². The number of allylic oxidation sites excluding steroid dienone is 3. The van der Waals surface area contributed by atoms with Gasteiger partial charge in [0.25, 0.3) is 0 Å². The largest absolute Gasteiger partial charge is 0.494 e. The maximum absolute atomic E-state index is 12.7. The van der Waals surface area contributed by atoms with E-state index in [0.29, 0.717) is 18.9 Å². The number of benzene rings is 1. The predicted octanol–water partition coefficient (Wildman–Crippen LogP) is 3.23. The summed E-state index contributed by atoms with van der Waals surface area (Å²) in [5.41, 5.74) is 0. The summed E-state index contributed by atoms with van der Waals surface area (Å²) in [7, 11) is 0. The van der Waals surface area contributed by atoms with Gasteiger partial charge >= 0.3 is 0 Å². The highest BCUT2D eigenvalue weighted by atomic mass is 19.1. The monoisotopic (exact) mass is 277 g/mol. The SMILES string of the molecule is C/C=C/C=C/C(=O)NCCCCOc1ccc(F)cc1. The third-order valence-corrected chi connectivity index (χ3v) is 2.50. The van der Waals surface area contributed by atoms with Gasteiger partial charge in [-0.05, 0) is 44.0 Å². The minimum Gasteiger partial charge on any atom is -0.494 e. The Morgan fingerprint density at radius 1 is 1.25 bits per heavy atom. The van der Waals surface area contributed by atoms with Crippen molar-refractivity contribution in [2.24, 2.45) is 0 Å². The molecule has 20 heavy (non-hydrogen) atoms. The summed E-state index contributed by atoms with van der Waals surface area (Å²) < 4.78 is 18.1. The number of hydrogen-bond acceptors (Lipinski definition) is 2. The number of carbonyl (C=O) groups is 1. The van der Waals surface area contributed by atoms with E-state index in [1.807, 2.05) is 13.0 Å². The molecule has 0 saturated heterocycles. The average molecular weight is 277 g/mol. The van der Waals surface area contributed by atoms with Crippen LogP contribution in [0, 0.1) is 5.82 Å². The van der Waals surface area contributed by atoms with E-state index in [-0.39, 0.29) is 11.7 Å². The lowest BCUT2D eigenvalue weighted by Gasteiger charge is -2.06. The van der Waals surface area contributed by atoms with E-state index in [1.54, 1.807) is 24.3 Å². The lowest BCUT2D eigenvalue weighted by Crippen LogP contribution is -2.22. The van der Waals surface area contributed by atoms with E-state index in [0.717, 1.165) is 12.8 Å². The van der Waals surface area contributed by atoms with E-state index in [9.17, 15) is 9.18 Å². The number of rotatable bonds is 8. The molecule has 0 atom stereocenters. The molecule has 0 spiro atoms. The third-order valence-electron chi connectivity index (χ3n) is 2.50. The quantitative estimate of drug-likeness (QED) is 0.450. The topological polar surface area (TPSA) is 38.3 Å². The Kier molecular flexibility index (Phi) is 7.80. The van der Waals surface area contributed by atoms with Crippen LogP contribution >= 0.6 is 0 Å². The van der Waals surface area contributed by atoms with Crippen LogP contribution in [0.2, 0.25) is 0 Å². The summed E-state index contributed by atoms with van der Waals surface area (Å²) in [6.45, 7) is 3.06. The van der Waals surface area contributed by atoms with Crippen LogP contribution in [0.25, 0.3) is 0 Å². The Morgan fingerprint density at radius 3 is 2.70 bits per heavy atom. The van der Waals surface area contributed by atoms with Gasteiger partial charge in [-0.15, -0.1) is 0 Å². The minimum absolute atomic E-state index is 0.0949. The molecular formula is C16H20FNO2. The molecule has 3 nitrogen and oxygen atoms in total. The first kappa shape index (κ1) is 16.0. The van der Waals surface area contributed by atoms with Crippen molar-refractivity contribution in [3.05, 3.63) is 54.4 Å². The summed E-state index contributed by atoms with van der Waals surface area (Å²) >= 11 is 0. The Labute approximate surface area is 119 Å². The zero-order chi connectivity index (χ0) is 14.6. The number of nitrogens with one attached hydrogen (secondary N) is 1. The van der Waals surface area contributed by atoms with Crippen LogP contribution in [-0.2, 0) is 4.79 Å². The highest BCUT2D eigenvalue weighted by Crippen LogP contribution is 2.11. The van der Waals surface area contributed by atoms with Crippen LogP contribution in [0.5, 0.6) is 5.75 Å². The lowest BCUT2D eigenvalue weighted by molar-refractivity contribution is -0.116. The first-order valence-electron chi connectivity index (χ1n) is 6.68. The fourth-order valence-corrected chi connectivity index (χ4v) is 1.47. The van der Waals surface area contributed by atoms with Crippen molar-refractivity contribution in [1.29, 1.82) is 0 Å². The molecule has 0 heterocycles. The predicted molar refractivity (Wildman–Crippen MR) is 78.1 cm³/mol. The zero-order valence-corrected chi connectivity index (χ0v) is 11.6. The Bertz CT molecular complexity index is 452. The third kappa shape index (κ3) is 7.36. The van der Waals surface area contributed by atoms with Crippen molar-refractivity contribution in [1.82, 2.24) is 5.32 Å². The van der Waals surface area contributed by atoms with Crippen LogP contribution in [0.3, 0.4) is 0 Å². The molecule has 108 valence electrons. The van der Waals surface area contributed by atoms with E-state index in [2.05, 4.69) is 5.32 Å². The Morgan fingerprint density at radius 2 is 2.00 bits per heavy atom. The van der Waals surface area contributed by atoms with Crippen LogP contribution in [0.1, 0.15) is 19.8 Å². The van der Waals surface area contributed by atoms with E-state index >= 15 is 0 Å². The number of amides is 1. The van der Waals surface area contributed by atoms with Crippen molar-refractivity contribution in [2.75, 3.05) is 13.2 Å². The molecule has 4 heteroatoms. The molecule has 1 aromatic rings. The van der Waals surface area contributed by atoms with Gasteiger partial charge in [-0.2, -0.15) is 0 Å². The maximum atomic E-state index is 12.7. The highest BCUT2D eigenvalue weighted by molar-refractivity contribution is 5.87. The summed E-state index contributed by atoms with van der Waals surface area (Å²) in [5, 5.41) is 2.78. The van der Waals surface area contributed by atoms with Crippen molar-refractivity contribution >= 4 is 5.91 Å². The second kappa shape index (κ2) is 9.78. The fraction of sp³-hybridized carbons (Fsp3) is 0.312. The van der Waals surface area contributed by atoms with Gasteiger partial charge in [-0.3, -0.25) is 4.79 Å². The van der Waals surface area contributed by atoms with Crippen LogP contribution in [-0.4, -0.2) is 19.1 Å². The number of unbranched alkanes of at least 4 members (excludes halogenated alkanes) is 1. The van der Waals surface area contributed by atoms with Crippen molar-refractivity contribution in [3.8, 4) is 5.75 Å². The highest BCUT2D eigenvalue weighted by Gasteiger charge is 1.96.